The van der Waals surface area contributed by atoms with E-state index in [0.29, 0.717) is 11.9 Å². The van der Waals surface area contributed by atoms with E-state index in [1.165, 1.54) is 5.56 Å². The Hall–Kier alpha value is -1.13. The molecule has 0 aliphatic carbocycles. The second-order valence-electron chi connectivity index (χ2n) is 3.44. The van der Waals surface area contributed by atoms with E-state index < -0.39 is 0 Å². The van der Waals surface area contributed by atoms with E-state index >= 15 is 0 Å². The fourth-order valence-electron chi connectivity index (χ4n) is 1.37. The standard InChI is InChI=1S/C10H15N3O/c1-14-10-4-8(2-3-12-10)5-13-9-6-11-7-9/h2-4,9,11,13H,5-7H2,1H3. The van der Waals surface area contributed by atoms with Gasteiger partial charge < -0.3 is 15.4 Å². The van der Waals surface area contributed by atoms with Crippen LogP contribution in [0.1, 0.15) is 5.56 Å². The predicted molar refractivity (Wildman–Crippen MR) is 54.3 cm³/mol. The second-order valence-corrected chi connectivity index (χ2v) is 3.44. The molecular weight excluding hydrogens is 178 g/mol. The lowest BCUT2D eigenvalue weighted by Crippen LogP contribution is -2.54. The number of ether oxygens (including phenoxy) is 1. The molecule has 14 heavy (non-hydrogen) atoms. The van der Waals surface area contributed by atoms with Crippen molar-refractivity contribution in [1.82, 2.24) is 15.6 Å². The van der Waals surface area contributed by atoms with Gasteiger partial charge in [-0.05, 0) is 11.6 Å². The minimum atomic E-state index is 0.620. The maximum absolute atomic E-state index is 5.05. The summed E-state index contributed by atoms with van der Waals surface area (Å²) in [5.74, 6) is 0.677. The lowest BCUT2D eigenvalue weighted by Gasteiger charge is -2.28. The zero-order chi connectivity index (χ0) is 9.80. The van der Waals surface area contributed by atoms with E-state index in [4.69, 9.17) is 4.74 Å². The summed E-state index contributed by atoms with van der Waals surface area (Å²) in [5, 5.41) is 6.66. The third-order valence-corrected chi connectivity index (χ3v) is 2.38. The number of methoxy groups -OCH3 is 1. The molecule has 1 aliphatic heterocycles. The van der Waals surface area contributed by atoms with Crippen molar-refractivity contribution in [2.75, 3.05) is 20.2 Å². The smallest absolute Gasteiger partial charge is 0.213 e. The fraction of sp³-hybridized carbons (Fsp3) is 0.500. The number of hydrogen-bond acceptors (Lipinski definition) is 4. The quantitative estimate of drug-likeness (QED) is 0.714. The van der Waals surface area contributed by atoms with Crippen LogP contribution in [0.25, 0.3) is 0 Å². The highest BCUT2D eigenvalue weighted by Gasteiger charge is 2.15. The SMILES string of the molecule is COc1cc(CNC2CNC2)ccn1. The van der Waals surface area contributed by atoms with Crippen molar-refractivity contribution in [3.8, 4) is 5.88 Å². The summed E-state index contributed by atoms with van der Waals surface area (Å²) < 4.78 is 5.05. The maximum atomic E-state index is 5.05. The topological polar surface area (TPSA) is 46.2 Å². The van der Waals surface area contributed by atoms with E-state index in [1.807, 2.05) is 12.1 Å². The van der Waals surface area contributed by atoms with Crippen molar-refractivity contribution >= 4 is 0 Å². The van der Waals surface area contributed by atoms with Crippen LogP contribution in [0, 0.1) is 0 Å². The third kappa shape index (κ3) is 2.21. The Morgan fingerprint density at radius 3 is 3.14 bits per heavy atom. The molecule has 1 aliphatic rings. The Balaban J connectivity index is 1.87. The van der Waals surface area contributed by atoms with Gasteiger partial charge in [-0.25, -0.2) is 4.98 Å². The summed E-state index contributed by atoms with van der Waals surface area (Å²) in [6.07, 6.45) is 1.77. The summed E-state index contributed by atoms with van der Waals surface area (Å²) in [7, 11) is 1.63. The van der Waals surface area contributed by atoms with Crippen LogP contribution in [0.3, 0.4) is 0 Å². The van der Waals surface area contributed by atoms with Crippen LogP contribution in [-0.4, -0.2) is 31.2 Å². The molecule has 1 aromatic heterocycles. The summed E-state index contributed by atoms with van der Waals surface area (Å²) >= 11 is 0. The molecule has 0 atom stereocenters. The van der Waals surface area contributed by atoms with Gasteiger partial charge in [-0.1, -0.05) is 0 Å². The zero-order valence-corrected chi connectivity index (χ0v) is 8.29. The van der Waals surface area contributed by atoms with E-state index in [1.54, 1.807) is 13.3 Å². The lowest BCUT2D eigenvalue weighted by molar-refractivity contribution is 0.364. The molecule has 2 N–H and O–H groups in total. The van der Waals surface area contributed by atoms with Crippen molar-refractivity contribution in [3.05, 3.63) is 23.9 Å². The molecule has 4 nitrogen and oxygen atoms in total. The Morgan fingerprint density at radius 1 is 1.64 bits per heavy atom. The van der Waals surface area contributed by atoms with Gasteiger partial charge in [0.05, 0.1) is 7.11 Å². The minimum absolute atomic E-state index is 0.620. The molecule has 0 radical (unpaired) electrons. The molecule has 2 rings (SSSR count). The number of aromatic nitrogens is 1. The van der Waals surface area contributed by atoms with Gasteiger partial charge in [-0.15, -0.1) is 0 Å². The molecule has 76 valence electrons. The Labute approximate surface area is 83.7 Å². The Bertz CT molecular complexity index is 299. The molecule has 4 heteroatoms. The van der Waals surface area contributed by atoms with Gasteiger partial charge in [-0.3, -0.25) is 0 Å². The second kappa shape index (κ2) is 4.39. The molecule has 2 heterocycles. The maximum Gasteiger partial charge on any atom is 0.213 e. The van der Waals surface area contributed by atoms with Crippen molar-refractivity contribution in [2.24, 2.45) is 0 Å². The van der Waals surface area contributed by atoms with Crippen LogP contribution in [0.2, 0.25) is 0 Å². The molecule has 1 saturated heterocycles. The van der Waals surface area contributed by atoms with Crippen LogP contribution in [-0.2, 0) is 6.54 Å². The van der Waals surface area contributed by atoms with Crippen LogP contribution >= 0.6 is 0 Å². The number of hydrogen-bond donors (Lipinski definition) is 2. The van der Waals surface area contributed by atoms with Gasteiger partial charge >= 0.3 is 0 Å². The molecule has 0 amide bonds. The normalized spacial score (nSPS) is 16.4. The molecule has 0 spiro atoms. The average molecular weight is 193 g/mol. The fourth-order valence-corrected chi connectivity index (χ4v) is 1.37. The summed E-state index contributed by atoms with van der Waals surface area (Å²) in [5.41, 5.74) is 1.21. The average Bonchev–Trinajstić information content (AvgIpc) is 2.16. The van der Waals surface area contributed by atoms with Crippen LogP contribution in [0.4, 0.5) is 0 Å². The van der Waals surface area contributed by atoms with E-state index in [-0.39, 0.29) is 0 Å². The number of nitrogens with zero attached hydrogens (tertiary/aromatic N) is 1. The van der Waals surface area contributed by atoms with Crippen molar-refractivity contribution < 1.29 is 4.74 Å². The van der Waals surface area contributed by atoms with E-state index in [2.05, 4.69) is 15.6 Å². The predicted octanol–water partition coefficient (Wildman–Crippen LogP) is 0.152. The van der Waals surface area contributed by atoms with Crippen LogP contribution in [0.15, 0.2) is 18.3 Å². The van der Waals surface area contributed by atoms with Gasteiger partial charge in [0.15, 0.2) is 0 Å². The molecule has 1 fully saturated rings. The van der Waals surface area contributed by atoms with Gasteiger partial charge in [0.2, 0.25) is 5.88 Å². The first kappa shape index (κ1) is 9.43. The van der Waals surface area contributed by atoms with Gasteiger partial charge in [0, 0.05) is 37.9 Å². The molecule has 0 unspecified atom stereocenters. The summed E-state index contributed by atoms with van der Waals surface area (Å²) in [6.45, 7) is 3.02. The monoisotopic (exact) mass is 193 g/mol. The van der Waals surface area contributed by atoms with E-state index in [9.17, 15) is 0 Å². The minimum Gasteiger partial charge on any atom is -0.481 e. The van der Waals surface area contributed by atoms with Crippen molar-refractivity contribution in [1.29, 1.82) is 0 Å². The number of nitrogens with one attached hydrogen (secondary N) is 2. The van der Waals surface area contributed by atoms with Gasteiger partial charge in [0.1, 0.15) is 0 Å². The first-order chi connectivity index (χ1) is 6.88. The molecule has 1 aromatic rings. The van der Waals surface area contributed by atoms with Crippen molar-refractivity contribution in [2.45, 2.75) is 12.6 Å². The molecule has 0 bridgehead atoms. The largest absolute Gasteiger partial charge is 0.481 e. The Kier molecular flexibility index (Phi) is 2.96. The van der Waals surface area contributed by atoms with Gasteiger partial charge in [0.25, 0.3) is 0 Å². The summed E-state index contributed by atoms with van der Waals surface area (Å²) in [4.78, 5) is 4.06. The van der Waals surface area contributed by atoms with Crippen molar-refractivity contribution in [3.63, 3.8) is 0 Å². The number of pyridine rings is 1. The molecule has 0 aromatic carbocycles. The van der Waals surface area contributed by atoms with E-state index in [0.717, 1.165) is 19.6 Å². The highest BCUT2D eigenvalue weighted by Crippen LogP contribution is 2.08. The third-order valence-electron chi connectivity index (χ3n) is 2.38. The highest BCUT2D eigenvalue weighted by atomic mass is 16.5. The highest BCUT2D eigenvalue weighted by molar-refractivity contribution is 5.20. The molecule has 0 saturated carbocycles. The Morgan fingerprint density at radius 2 is 2.50 bits per heavy atom. The van der Waals surface area contributed by atoms with Gasteiger partial charge in [-0.2, -0.15) is 0 Å². The zero-order valence-electron chi connectivity index (χ0n) is 8.29. The van der Waals surface area contributed by atoms with Crippen LogP contribution < -0.4 is 15.4 Å². The van der Waals surface area contributed by atoms with Crippen LogP contribution in [0.5, 0.6) is 5.88 Å². The lowest BCUT2D eigenvalue weighted by atomic mass is 10.1. The summed E-state index contributed by atoms with van der Waals surface area (Å²) in [6, 6.07) is 4.58. The first-order valence-electron chi connectivity index (χ1n) is 4.81. The molecular formula is C10H15N3O. The first-order valence-corrected chi connectivity index (χ1v) is 4.81. The number of rotatable bonds is 4.